The molecule has 0 aliphatic rings. The highest BCUT2D eigenvalue weighted by molar-refractivity contribution is 5.34. The predicted octanol–water partition coefficient (Wildman–Crippen LogP) is 2.42. The highest BCUT2D eigenvalue weighted by Crippen LogP contribution is 2.14. The third-order valence-electron chi connectivity index (χ3n) is 2.05. The highest BCUT2D eigenvalue weighted by atomic mass is 19.4. The van der Waals surface area contributed by atoms with Crippen molar-refractivity contribution in [3.05, 3.63) is 18.1 Å². The second-order valence-electron chi connectivity index (χ2n) is 3.74. The van der Waals surface area contributed by atoms with Crippen molar-refractivity contribution in [3.63, 3.8) is 0 Å². The van der Waals surface area contributed by atoms with E-state index in [1.807, 2.05) is 6.92 Å². The number of hydrogen-bond donors (Lipinski definition) is 1. The lowest BCUT2D eigenvalue weighted by atomic mass is 10.2. The Bertz CT molecular complexity index is 358. The number of aromatic nitrogens is 2. The van der Waals surface area contributed by atoms with E-state index in [-0.39, 0.29) is 13.2 Å². The molecule has 0 saturated carbocycles. The Morgan fingerprint density at radius 3 is 2.78 bits per heavy atom. The van der Waals surface area contributed by atoms with E-state index >= 15 is 0 Å². The number of nitrogens with zero attached hydrogens (tertiary/aromatic N) is 2. The van der Waals surface area contributed by atoms with Crippen LogP contribution in [0.25, 0.3) is 0 Å². The van der Waals surface area contributed by atoms with Crippen molar-refractivity contribution in [2.75, 3.05) is 25.1 Å². The smallest absolute Gasteiger partial charge is 0.370 e. The number of nitrogens with one attached hydrogen (secondary N) is 1. The highest BCUT2D eigenvalue weighted by Gasteiger charge is 2.27. The minimum atomic E-state index is -4.27. The molecule has 0 radical (unpaired) electrons. The van der Waals surface area contributed by atoms with Gasteiger partial charge in [-0.1, -0.05) is 13.3 Å². The quantitative estimate of drug-likeness (QED) is 0.767. The Kier molecular flexibility index (Phi) is 5.84. The first-order valence-corrected chi connectivity index (χ1v) is 5.70. The van der Waals surface area contributed by atoms with Gasteiger partial charge in [0, 0.05) is 18.3 Å². The molecule has 102 valence electrons. The molecule has 18 heavy (non-hydrogen) atoms. The lowest BCUT2D eigenvalue weighted by Gasteiger charge is -2.09. The summed E-state index contributed by atoms with van der Waals surface area (Å²) in [5.74, 6) is 0.601. The van der Waals surface area contributed by atoms with Crippen LogP contribution < -0.4 is 5.32 Å². The molecule has 0 aliphatic heterocycles. The number of alkyl halides is 3. The Hall–Kier alpha value is -1.37. The maximum atomic E-state index is 11.8. The van der Waals surface area contributed by atoms with Crippen LogP contribution in [-0.2, 0) is 11.2 Å². The summed E-state index contributed by atoms with van der Waals surface area (Å²) in [4.78, 5) is 8.04. The Labute approximate surface area is 104 Å². The van der Waals surface area contributed by atoms with Gasteiger partial charge < -0.3 is 10.1 Å². The minimum absolute atomic E-state index is 0.0212. The first-order valence-electron chi connectivity index (χ1n) is 5.70. The number of rotatable bonds is 7. The molecule has 0 bridgehead atoms. The van der Waals surface area contributed by atoms with Crippen molar-refractivity contribution >= 4 is 5.82 Å². The van der Waals surface area contributed by atoms with Gasteiger partial charge in [-0.15, -0.1) is 0 Å². The van der Waals surface area contributed by atoms with Gasteiger partial charge in [-0.3, -0.25) is 0 Å². The predicted molar refractivity (Wildman–Crippen MR) is 61.4 cm³/mol. The molecule has 0 spiro atoms. The lowest BCUT2D eigenvalue weighted by molar-refractivity contribution is -0.172. The Morgan fingerprint density at radius 2 is 2.11 bits per heavy atom. The second kappa shape index (κ2) is 7.15. The largest absolute Gasteiger partial charge is 0.411 e. The summed E-state index contributed by atoms with van der Waals surface area (Å²) < 4.78 is 39.8. The van der Waals surface area contributed by atoms with Crippen molar-refractivity contribution in [2.45, 2.75) is 25.9 Å². The molecule has 0 saturated heterocycles. The summed E-state index contributed by atoms with van der Waals surface area (Å²) in [6, 6.07) is 1.78. The number of hydrogen-bond acceptors (Lipinski definition) is 4. The average Bonchev–Trinajstić information content (AvgIpc) is 2.28. The van der Waals surface area contributed by atoms with Gasteiger partial charge in [-0.25, -0.2) is 9.97 Å². The summed E-state index contributed by atoms with van der Waals surface area (Å²) in [6.45, 7) is 1.07. The second-order valence-corrected chi connectivity index (χ2v) is 3.74. The summed E-state index contributed by atoms with van der Waals surface area (Å²) in [7, 11) is 0. The zero-order valence-electron chi connectivity index (χ0n) is 10.1. The average molecular weight is 263 g/mol. The molecule has 0 aromatic carbocycles. The lowest BCUT2D eigenvalue weighted by Crippen LogP contribution is -2.20. The minimum Gasteiger partial charge on any atom is -0.370 e. The molecule has 4 nitrogen and oxygen atoms in total. The van der Waals surface area contributed by atoms with Gasteiger partial charge >= 0.3 is 6.18 Å². The van der Waals surface area contributed by atoms with E-state index in [9.17, 15) is 13.2 Å². The van der Waals surface area contributed by atoms with Crippen molar-refractivity contribution in [1.29, 1.82) is 0 Å². The maximum absolute atomic E-state index is 11.8. The summed E-state index contributed by atoms with van der Waals surface area (Å²) in [6.07, 6.45) is -1.01. The zero-order chi connectivity index (χ0) is 13.4. The van der Waals surface area contributed by atoms with Gasteiger partial charge in [0.25, 0.3) is 0 Å². The van der Waals surface area contributed by atoms with Crippen LogP contribution in [0.3, 0.4) is 0 Å². The van der Waals surface area contributed by atoms with Crippen LogP contribution >= 0.6 is 0 Å². The van der Waals surface area contributed by atoms with E-state index in [4.69, 9.17) is 0 Å². The van der Waals surface area contributed by atoms with Gasteiger partial charge in [0.2, 0.25) is 0 Å². The topological polar surface area (TPSA) is 47.0 Å². The maximum Gasteiger partial charge on any atom is 0.411 e. The van der Waals surface area contributed by atoms with Gasteiger partial charge in [0.15, 0.2) is 0 Å². The fraction of sp³-hybridized carbons (Fsp3) is 0.636. The monoisotopic (exact) mass is 263 g/mol. The fourth-order valence-electron chi connectivity index (χ4n) is 1.33. The SMILES string of the molecule is CCCc1cc(NCCOCC(F)(F)F)ncn1. The molecular formula is C11H16F3N3O. The summed E-state index contributed by atoms with van der Waals surface area (Å²) >= 11 is 0. The number of aryl methyl sites for hydroxylation is 1. The molecule has 0 atom stereocenters. The fourth-order valence-corrected chi connectivity index (χ4v) is 1.33. The number of anilines is 1. The van der Waals surface area contributed by atoms with E-state index in [1.165, 1.54) is 6.33 Å². The van der Waals surface area contributed by atoms with Crippen molar-refractivity contribution in [2.24, 2.45) is 0 Å². The molecule has 0 aliphatic carbocycles. The third kappa shape index (κ3) is 6.39. The molecule has 1 rings (SSSR count). The van der Waals surface area contributed by atoms with Crippen LogP contribution in [0.5, 0.6) is 0 Å². The van der Waals surface area contributed by atoms with E-state index in [1.54, 1.807) is 6.07 Å². The van der Waals surface area contributed by atoms with Gasteiger partial charge in [-0.2, -0.15) is 13.2 Å². The van der Waals surface area contributed by atoms with Gasteiger partial charge in [-0.05, 0) is 6.42 Å². The Balaban J connectivity index is 2.24. The summed E-state index contributed by atoms with van der Waals surface area (Å²) in [5.41, 5.74) is 0.909. The third-order valence-corrected chi connectivity index (χ3v) is 2.05. The summed E-state index contributed by atoms with van der Waals surface area (Å²) in [5, 5.41) is 2.89. The molecule has 0 unspecified atom stereocenters. The van der Waals surface area contributed by atoms with E-state index in [2.05, 4.69) is 20.0 Å². The normalized spacial score (nSPS) is 11.6. The van der Waals surface area contributed by atoms with Crippen LogP contribution in [-0.4, -0.2) is 35.9 Å². The van der Waals surface area contributed by atoms with Gasteiger partial charge in [0.1, 0.15) is 18.8 Å². The molecule has 0 amide bonds. The molecular weight excluding hydrogens is 247 g/mol. The van der Waals surface area contributed by atoms with Crippen molar-refractivity contribution in [3.8, 4) is 0 Å². The van der Waals surface area contributed by atoms with Crippen molar-refractivity contribution in [1.82, 2.24) is 9.97 Å². The van der Waals surface area contributed by atoms with E-state index < -0.39 is 12.8 Å². The standard InChI is InChI=1S/C11H16F3N3O/c1-2-3-9-6-10(17-8-16-9)15-4-5-18-7-11(12,13)14/h6,8H,2-5,7H2,1H3,(H,15,16,17). The molecule has 0 fully saturated rings. The van der Waals surface area contributed by atoms with Crippen LogP contribution in [0.1, 0.15) is 19.0 Å². The van der Waals surface area contributed by atoms with Gasteiger partial charge in [0.05, 0.1) is 6.61 Å². The van der Waals surface area contributed by atoms with E-state index in [0.717, 1.165) is 18.5 Å². The van der Waals surface area contributed by atoms with Crippen molar-refractivity contribution < 1.29 is 17.9 Å². The Morgan fingerprint density at radius 1 is 1.33 bits per heavy atom. The number of halogens is 3. The van der Waals surface area contributed by atoms with Crippen LogP contribution in [0.2, 0.25) is 0 Å². The molecule has 1 aromatic rings. The first-order chi connectivity index (χ1) is 8.51. The van der Waals surface area contributed by atoms with Crippen LogP contribution in [0.15, 0.2) is 12.4 Å². The van der Waals surface area contributed by atoms with E-state index in [0.29, 0.717) is 5.82 Å². The first kappa shape index (κ1) is 14.7. The van der Waals surface area contributed by atoms with Crippen LogP contribution in [0.4, 0.5) is 19.0 Å². The zero-order valence-corrected chi connectivity index (χ0v) is 10.1. The molecule has 1 heterocycles. The van der Waals surface area contributed by atoms with Crippen LogP contribution in [0, 0.1) is 0 Å². The number of ether oxygens (including phenoxy) is 1. The molecule has 1 N–H and O–H groups in total. The molecule has 1 aromatic heterocycles. The molecule has 7 heteroatoms.